The molecule has 3 nitrogen and oxygen atoms in total. The fraction of sp³-hybridized carbons (Fsp3) is 0.500. The quantitative estimate of drug-likeness (QED) is 0.883. The zero-order chi connectivity index (χ0) is 13.0. The van der Waals surface area contributed by atoms with Gasteiger partial charge in [-0.2, -0.15) is 0 Å². The zero-order valence-corrected chi connectivity index (χ0v) is 11.0. The van der Waals surface area contributed by atoms with E-state index in [1.165, 1.54) is 0 Å². The summed E-state index contributed by atoms with van der Waals surface area (Å²) in [7, 11) is 0. The van der Waals surface area contributed by atoms with Crippen molar-refractivity contribution in [3.05, 3.63) is 34.9 Å². The van der Waals surface area contributed by atoms with Gasteiger partial charge in [0, 0.05) is 5.02 Å². The fourth-order valence-electron chi connectivity index (χ4n) is 2.37. The van der Waals surface area contributed by atoms with Crippen molar-refractivity contribution < 1.29 is 9.90 Å². The minimum atomic E-state index is -0.401. The normalized spacial score (nSPS) is 23.7. The molecule has 0 unspecified atom stereocenters. The Balaban J connectivity index is 1.88. The molecule has 0 aliphatic heterocycles. The highest BCUT2D eigenvalue weighted by atomic mass is 35.5. The van der Waals surface area contributed by atoms with Crippen LogP contribution in [0.15, 0.2) is 24.3 Å². The molecule has 0 heterocycles. The molecule has 1 saturated carbocycles. The molecule has 0 bridgehead atoms. The lowest BCUT2D eigenvalue weighted by atomic mass is 9.92. The second kappa shape index (κ2) is 6.21. The first-order valence-corrected chi connectivity index (χ1v) is 6.75. The Morgan fingerprint density at radius 1 is 1.39 bits per heavy atom. The van der Waals surface area contributed by atoms with Crippen LogP contribution >= 0.6 is 11.6 Å². The molecule has 2 N–H and O–H groups in total. The Bertz CT molecular complexity index is 422. The van der Waals surface area contributed by atoms with Gasteiger partial charge < -0.3 is 10.4 Å². The maximum Gasteiger partial charge on any atom is 0.224 e. The van der Waals surface area contributed by atoms with Crippen molar-refractivity contribution in [1.82, 2.24) is 5.32 Å². The minimum Gasteiger partial charge on any atom is -0.391 e. The number of aliphatic hydroxyl groups excluding tert-OH is 1. The molecule has 1 aliphatic carbocycles. The molecule has 0 aromatic heterocycles. The number of hydrogen-bond acceptors (Lipinski definition) is 2. The first kappa shape index (κ1) is 13.4. The first-order chi connectivity index (χ1) is 8.65. The summed E-state index contributed by atoms with van der Waals surface area (Å²) in [5, 5.41) is 13.3. The standard InChI is InChI=1S/C14H18ClNO2/c15-11-5-3-4-10(8-11)9-14(18)16-12-6-1-2-7-13(12)17/h3-5,8,12-13,17H,1-2,6-7,9H2,(H,16,18)/t12-,13-/m1/s1. The number of aliphatic hydroxyl groups is 1. The number of amides is 1. The average molecular weight is 268 g/mol. The van der Waals surface area contributed by atoms with Crippen LogP contribution < -0.4 is 5.32 Å². The Morgan fingerprint density at radius 3 is 2.89 bits per heavy atom. The highest BCUT2D eigenvalue weighted by Crippen LogP contribution is 2.18. The molecule has 1 aliphatic rings. The van der Waals surface area contributed by atoms with Gasteiger partial charge >= 0.3 is 0 Å². The van der Waals surface area contributed by atoms with E-state index < -0.39 is 6.10 Å². The lowest BCUT2D eigenvalue weighted by molar-refractivity contribution is -0.122. The number of benzene rings is 1. The Morgan fingerprint density at radius 2 is 2.17 bits per heavy atom. The smallest absolute Gasteiger partial charge is 0.224 e. The topological polar surface area (TPSA) is 49.3 Å². The third kappa shape index (κ3) is 3.72. The predicted molar refractivity (Wildman–Crippen MR) is 71.6 cm³/mol. The van der Waals surface area contributed by atoms with E-state index in [0.29, 0.717) is 11.4 Å². The van der Waals surface area contributed by atoms with Gasteiger partial charge in [0.25, 0.3) is 0 Å². The van der Waals surface area contributed by atoms with Gasteiger partial charge in [-0.25, -0.2) is 0 Å². The van der Waals surface area contributed by atoms with Crippen molar-refractivity contribution in [2.24, 2.45) is 0 Å². The molecule has 0 spiro atoms. The van der Waals surface area contributed by atoms with Crippen molar-refractivity contribution in [2.45, 2.75) is 44.2 Å². The van der Waals surface area contributed by atoms with Crippen LogP contribution in [0.1, 0.15) is 31.2 Å². The largest absolute Gasteiger partial charge is 0.391 e. The van der Waals surface area contributed by atoms with E-state index in [4.69, 9.17) is 11.6 Å². The summed E-state index contributed by atoms with van der Waals surface area (Å²) in [5.41, 5.74) is 0.894. The number of carbonyl (C=O) groups excluding carboxylic acids is 1. The SMILES string of the molecule is O=C(Cc1cccc(Cl)c1)N[C@@H]1CCCC[C@H]1O. The summed E-state index contributed by atoms with van der Waals surface area (Å²) in [6.07, 6.45) is 3.66. The van der Waals surface area contributed by atoms with Crippen molar-refractivity contribution >= 4 is 17.5 Å². The van der Waals surface area contributed by atoms with Crippen LogP contribution in [0.2, 0.25) is 5.02 Å². The third-order valence-corrected chi connectivity index (χ3v) is 3.56. The summed E-state index contributed by atoms with van der Waals surface area (Å²) < 4.78 is 0. The molecule has 0 saturated heterocycles. The van der Waals surface area contributed by atoms with Crippen LogP contribution in [0.3, 0.4) is 0 Å². The summed E-state index contributed by atoms with van der Waals surface area (Å²) in [6.45, 7) is 0. The van der Waals surface area contributed by atoms with E-state index in [0.717, 1.165) is 31.2 Å². The van der Waals surface area contributed by atoms with Crippen molar-refractivity contribution in [1.29, 1.82) is 0 Å². The highest BCUT2D eigenvalue weighted by Gasteiger charge is 2.24. The Labute approximate surface area is 112 Å². The number of hydrogen-bond donors (Lipinski definition) is 2. The minimum absolute atomic E-state index is 0.0526. The van der Waals surface area contributed by atoms with Gasteiger partial charge in [-0.05, 0) is 30.5 Å². The molecule has 1 aromatic carbocycles. The van der Waals surface area contributed by atoms with Gasteiger partial charge in [0.15, 0.2) is 0 Å². The third-order valence-electron chi connectivity index (χ3n) is 3.33. The molecule has 18 heavy (non-hydrogen) atoms. The molecule has 0 radical (unpaired) electrons. The van der Waals surface area contributed by atoms with Crippen molar-refractivity contribution in [3.63, 3.8) is 0 Å². The van der Waals surface area contributed by atoms with E-state index in [1.54, 1.807) is 12.1 Å². The molecule has 1 fully saturated rings. The second-order valence-corrected chi connectivity index (χ2v) is 5.27. The lowest BCUT2D eigenvalue weighted by Crippen LogP contribution is -2.45. The molecule has 4 heteroatoms. The monoisotopic (exact) mass is 267 g/mol. The number of carbonyl (C=O) groups is 1. The predicted octanol–water partition coefficient (Wildman–Crippen LogP) is 2.30. The van der Waals surface area contributed by atoms with Gasteiger partial charge in [-0.1, -0.05) is 36.6 Å². The first-order valence-electron chi connectivity index (χ1n) is 6.37. The summed E-state index contributed by atoms with van der Waals surface area (Å²) in [4.78, 5) is 11.9. The highest BCUT2D eigenvalue weighted by molar-refractivity contribution is 6.30. The maximum atomic E-state index is 11.9. The van der Waals surface area contributed by atoms with Gasteiger partial charge in [-0.3, -0.25) is 4.79 Å². The number of halogens is 1. The van der Waals surface area contributed by atoms with E-state index in [2.05, 4.69) is 5.32 Å². The molecule has 2 rings (SSSR count). The summed E-state index contributed by atoms with van der Waals surface area (Å²) >= 11 is 5.87. The van der Waals surface area contributed by atoms with Crippen LogP contribution in [0.4, 0.5) is 0 Å². The van der Waals surface area contributed by atoms with E-state index in [1.807, 2.05) is 12.1 Å². The van der Waals surface area contributed by atoms with Crippen LogP contribution in [0, 0.1) is 0 Å². The lowest BCUT2D eigenvalue weighted by Gasteiger charge is -2.28. The molecule has 2 atom stereocenters. The molecule has 98 valence electrons. The van der Waals surface area contributed by atoms with Crippen LogP contribution in [0.5, 0.6) is 0 Å². The van der Waals surface area contributed by atoms with Crippen molar-refractivity contribution in [3.8, 4) is 0 Å². The van der Waals surface area contributed by atoms with Crippen LogP contribution in [-0.2, 0) is 11.2 Å². The second-order valence-electron chi connectivity index (χ2n) is 4.83. The summed E-state index contributed by atoms with van der Waals surface area (Å²) in [5.74, 6) is -0.0526. The molecular formula is C14H18ClNO2. The van der Waals surface area contributed by atoms with Crippen LogP contribution in [-0.4, -0.2) is 23.2 Å². The van der Waals surface area contributed by atoms with Crippen LogP contribution in [0.25, 0.3) is 0 Å². The number of nitrogens with one attached hydrogen (secondary N) is 1. The summed E-state index contributed by atoms with van der Waals surface area (Å²) in [6, 6.07) is 7.19. The van der Waals surface area contributed by atoms with Gasteiger partial charge in [0.1, 0.15) is 0 Å². The molecule has 1 amide bonds. The maximum absolute atomic E-state index is 11.9. The number of rotatable bonds is 3. The Hall–Kier alpha value is -1.06. The zero-order valence-electron chi connectivity index (χ0n) is 10.2. The van der Waals surface area contributed by atoms with E-state index in [9.17, 15) is 9.90 Å². The van der Waals surface area contributed by atoms with E-state index >= 15 is 0 Å². The van der Waals surface area contributed by atoms with E-state index in [-0.39, 0.29) is 11.9 Å². The molecule has 1 aromatic rings. The Kier molecular flexibility index (Phi) is 4.61. The van der Waals surface area contributed by atoms with Gasteiger partial charge in [0.2, 0.25) is 5.91 Å². The van der Waals surface area contributed by atoms with Gasteiger partial charge in [0.05, 0.1) is 18.6 Å². The van der Waals surface area contributed by atoms with Gasteiger partial charge in [-0.15, -0.1) is 0 Å². The van der Waals surface area contributed by atoms with Crippen molar-refractivity contribution in [2.75, 3.05) is 0 Å². The molecular weight excluding hydrogens is 250 g/mol. The fourth-order valence-corrected chi connectivity index (χ4v) is 2.58. The average Bonchev–Trinajstić information content (AvgIpc) is 2.32.